The van der Waals surface area contributed by atoms with Crippen molar-refractivity contribution in [3.05, 3.63) is 58.3 Å². The third-order valence-corrected chi connectivity index (χ3v) is 3.20. The number of ether oxygens (including phenoxy) is 1. The molecular formula is C14H14BrNO2. The first-order valence-electron chi connectivity index (χ1n) is 5.71. The maximum absolute atomic E-state index is 9.25. The Kier molecular flexibility index (Phi) is 4.73. The van der Waals surface area contributed by atoms with Crippen molar-refractivity contribution in [3.63, 3.8) is 0 Å². The molecule has 0 aliphatic rings. The highest BCUT2D eigenvalue weighted by atomic mass is 79.9. The molecule has 0 aliphatic heterocycles. The fraction of sp³-hybridized carbons (Fsp3) is 0.214. The molecule has 0 bridgehead atoms. The first-order chi connectivity index (χ1) is 8.81. The third-order valence-electron chi connectivity index (χ3n) is 2.58. The van der Waals surface area contributed by atoms with Crippen LogP contribution < -0.4 is 4.74 Å². The van der Waals surface area contributed by atoms with Gasteiger partial charge in [-0.1, -0.05) is 18.2 Å². The van der Waals surface area contributed by atoms with E-state index in [0.717, 1.165) is 22.0 Å². The van der Waals surface area contributed by atoms with E-state index >= 15 is 0 Å². The quantitative estimate of drug-likeness (QED) is 0.923. The number of halogens is 1. The Morgan fingerprint density at radius 3 is 2.83 bits per heavy atom. The van der Waals surface area contributed by atoms with Gasteiger partial charge in [0.15, 0.2) is 0 Å². The molecule has 0 unspecified atom stereocenters. The van der Waals surface area contributed by atoms with Crippen LogP contribution in [0.5, 0.6) is 5.75 Å². The summed E-state index contributed by atoms with van der Waals surface area (Å²) in [5.41, 5.74) is 1.92. The highest BCUT2D eigenvalue weighted by molar-refractivity contribution is 9.10. The van der Waals surface area contributed by atoms with Gasteiger partial charge in [-0.25, -0.2) is 0 Å². The Bertz CT molecular complexity index is 502. The van der Waals surface area contributed by atoms with Crippen LogP contribution >= 0.6 is 15.9 Å². The minimum Gasteiger partial charge on any atom is -0.492 e. The van der Waals surface area contributed by atoms with E-state index in [1.54, 1.807) is 6.20 Å². The summed E-state index contributed by atoms with van der Waals surface area (Å²) in [6, 6.07) is 9.56. The van der Waals surface area contributed by atoms with Crippen LogP contribution in [0, 0.1) is 0 Å². The van der Waals surface area contributed by atoms with E-state index in [1.165, 1.54) is 0 Å². The normalized spacial score (nSPS) is 10.3. The monoisotopic (exact) mass is 307 g/mol. The summed E-state index contributed by atoms with van der Waals surface area (Å²) in [7, 11) is 0. The number of aliphatic hydroxyl groups is 1. The first kappa shape index (κ1) is 13.1. The van der Waals surface area contributed by atoms with Gasteiger partial charge in [-0.05, 0) is 33.6 Å². The topological polar surface area (TPSA) is 42.4 Å². The van der Waals surface area contributed by atoms with Crippen LogP contribution in [0.1, 0.15) is 11.1 Å². The average molecular weight is 308 g/mol. The van der Waals surface area contributed by atoms with Crippen molar-refractivity contribution in [2.24, 2.45) is 0 Å². The number of nitrogens with zero attached hydrogens (tertiary/aromatic N) is 1. The van der Waals surface area contributed by atoms with Crippen molar-refractivity contribution in [1.29, 1.82) is 0 Å². The van der Waals surface area contributed by atoms with Crippen molar-refractivity contribution in [1.82, 2.24) is 4.98 Å². The summed E-state index contributed by atoms with van der Waals surface area (Å²) >= 11 is 3.43. The van der Waals surface area contributed by atoms with Gasteiger partial charge in [0.05, 0.1) is 17.7 Å². The van der Waals surface area contributed by atoms with Crippen molar-refractivity contribution in [2.75, 3.05) is 6.61 Å². The van der Waals surface area contributed by atoms with Gasteiger partial charge in [-0.3, -0.25) is 4.98 Å². The van der Waals surface area contributed by atoms with E-state index < -0.39 is 0 Å². The van der Waals surface area contributed by atoms with Gasteiger partial charge >= 0.3 is 0 Å². The number of para-hydroxylation sites is 1. The van der Waals surface area contributed by atoms with Crippen LogP contribution in [-0.4, -0.2) is 16.7 Å². The highest BCUT2D eigenvalue weighted by Gasteiger charge is 2.07. The first-order valence-corrected chi connectivity index (χ1v) is 6.50. The zero-order valence-corrected chi connectivity index (χ0v) is 11.4. The summed E-state index contributed by atoms with van der Waals surface area (Å²) in [6.07, 6.45) is 4.37. The Labute approximate surface area is 115 Å². The summed E-state index contributed by atoms with van der Waals surface area (Å²) in [6.45, 7) is 0.531. The zero-order chi connectivity index (χ0) is 12.8. The SMILES string of the molecule is OCc1cccc(Br)c1OCCc1cccnc1. The Balaban J connectivity index is 1.98. The van der Waals surface area contributed by atoms with E-state index in [9.17, 15) is 5.11 Å². The van der Waals surface area contributed by atoms with Crippen molar-refractivity contribution in [3.8, 4) is 5.75 Å². The van der Waals surface area contributed by atoms with E-state index in [2.05, 4.69) is 20.9 Å². The minimum atomic E-state index is -0.0261. The number of benzene rings is 1. The number of hydrogen-bond donors (Lipinski definition) is 1. The lowest BCUT2D eigenvalue weighted by molar-refractivity contribution is 0.263. The van der Waals surface area contributed by atoms with Gasteiger partial charge in [-0.2, -0.15) is 0 Å². The molecule has 0 fully saturated rings. The molecule has 0 radical (unpaired) electrons. The lowest BCUT2D eigenvalue weighted by atomic mass is 10.2. The largest absolute Gasteiger partial charge is 0.492 e. The molecule has 0 spiro atoms. The van der Waals surface area contributed by atoms with Crippen LogP contribution in [0.2, 0.25) is 0 Å². The molecule has 0 saturated carbocycles. The Morgan fingerprint density at radius 1 is 1.22 bits per heavy atom. The molecular weight excluding hydrogens is 294 g/mol. The molecule has 0 amide bonds. The van der Waals surface area contributed by atoms with Gasteiger partial charge in [-0.15, -0.1) is 0 Å². The lowest BCUT2D eigenvalue weighted by Gasteiger charge is -2.11. The molecule has 1 aromatic carbocycles. The number of rotatable bonds is 5. The van der Waals surface area contributed by atoms with Crippen molar-refractivity contribution < 1.29 is 9.84 Å². The summed E-state index contributed by atoms with van der Waals surface area (Å²) < 4.78 is 6.59. The van der Waals surface area contributed by atoms with Gasteiger partial charge in [0.25, 0.3) is 0 Å². The molecule has 18 heavy (non-hydrogen) atoms. The van der Waals surface area contributed by atoms with E-state index in [-0.39, 0.29) is 6.61 Å². The van der Waals surface area contributed by atoms with Crippen LogP contribution in [-0.2, 0) is 13.0 Å². The Morgan fingerprint density at radius 2 is 2.11 bits per heavy atom. The number of hydrogen-bond acceptors (Lipinski definition) is 3. The molecule has 1 heterocycles. The van der Waals surface area contributed by atoms with Gasteiger partial charge in [0, 0.05) is 24.4 Å². The predicted molar refractivity (Wildman–Crippen MR) is 73.5 cm³/mol. The molecule has 1 N–H and O–H groups in total. The van der Waals surface area contributed by atoms with Crippen LogP contribution in [0.4, 0.5) is 0 Å². The second-order valence-electron chi connectivity index (χ2n) is 3.85. The van der Waals surface area contributed by atoms with Crippen molar-refractivity contribution >= 4 is 15.9 Å². The summed E-state index contributed by atoms with van der Waals surface area (Å²) in [5.74, 6) is 0.712. The summed E-state index contributed by atoms with van der Waals surface area (Å²) in [5, 5.41) is 9.25. The molecule has 2 aromatic rings. The third kappa shape index (κ3) is 3.31. The minimum absolute atomic E-state index is 0.0261. The molecule has 0 atom stereocenters. The summed E-state index contributed by atoms with van der Waals surface area (Å²) in [4.78, 5) is 4.06. The molecule has 3 nitrogen and oxygen atoms in total. The fourth-order valence-corrected chi connectivity index (χ4v) is 2.18. The van der Waals surface area contributed by atoms with Crippen LogP contribution in [0.25, 0.3) is 0 Å². The van der Waals surface area contributed by atoms with E-state index in [0.29, 0.717) is 12.4 Å². The molecule has 1 aromatic heterocycles. The molecule has 4 heteroatoms. The zero-order valence-electron chi connectivity index (χ0n) is 9.84. The fourth-order valence-electron chi connectivity index (χ4n) is 1.66. The molecule has 2 rings (SSSR count). The van der Waals surface area contributed by atoms with Gasteiger partial charge in [0.1, 0.15) is 5.75 Å². The maximum Gasteiger partial charge on any atom is 0.138 e. The number of aromatic nitrogens is 1. The van der Waals surface area contributed by atoms with Crippen LogP contribution in [0.15, 0.2) is 47.2 Å². The smallest absolute Gasteiger partial charge is 0.138 e. The number of pyridine rings is 1. The standard InChI is InChI=1S/C14H14BrNO2/c15-13-5-1-4-12(10-17)14(13)18-8-6-11-3-2-7-16-9-11/h1-5,7,9,17H,6,8,10H2. The highest BCUT2D eigenvalue weighted by Crippen LogP contribution is 2.29. The predicted octanol–water partition coefficient (Wildman–Crippen LogP) is 2.96. The average Bonchev–Trinajstić information content (AvgIpc) is 2.41. The Hall–Kier alpha value is -1.39. The van der Waals surface area contributed by atoms with E-state index in [4.69, 9.17) is 4.74 Å². The van der Waals surface area contributed by atoms with Crippen LogP contribution in [0.3, 0.4) is 0 Å². The van der Waals surface area contributed by atoms with Gasteiger partial charge in [0.2, 0.25) is 0 Å². The van der Waals surface area contributed by atoms with Gasteiger partial charge < -0.3 is 9.84 Å². The maximum atomic E-state index is 9.25. The van der Waals surface area contributed by atoms with E-state index in [1.807, 2.05) is 36.5 Å². The molecule has 0 saturated heterocycles. The molecule has 94 valence electrons. The second-order valence-corrected chi connectivity index (χ2v) is 4.70. The second kappa shape index (κ2) is 6.52. The van der Waals surface area contributed by atoms with Crippen molar-refractivity contribution in [2.45, 2.75) is 13.0 Å². The number of aliphatic hydroxyl groups excluding tert-OH is 1. The lowest BCUT2D eigenvalue weighted by Crippen LogP contribution is -2.04. The molecule has 0 aliphatic carbocycles.